The van der Waals surface area contributed by atoms with Crippen LogP contribution in [0.5, 0.6) is 5.75 Å². The van der Waals surface area contributed by atoms with E-state index >= 15 is 0 Å². The Hall–Kier alpha value is -1.13. The van der Waals surface area contributed by atoms with Gasteiger partial charge in [0.05, 0.1) is 13.0 Å². The van der Waals surface area contributed by atoms with Crippen LogP contribution in [0.2, 0.25) is 0 Å². The standard InChI is InChI=1S/C11H9ClFNOS/c1-15-7-2-3-9(10(13)4-7)11-14-6-8(5-12)16-11/h2-4,6H,5H2,1H3. The average molecular weight is 258 g/mol. The lowest BCUT2D eigenvalue weighted by molar-refractivity contribution is 0.411. The van der Waals surface area contributed by atoms with Crippen molar-refractivity contribution >= 4 is 22.9 Å². The van der Waals surface area contributed by atoms with Crippen molar-refractivity contribution in [2.24, 2.45) is 0 Å². The number of benzene rings is 1. The monoisotopic (exact) mass is 257 g/mol. The van der Waals surface area contributed by atoms with Crippen molar-refractivity contribution in [2.75, 3.05) is 7.11 Å². The van der Waals surface area contributed by atoms with Crippen LogP contribution in [0.25, 0.3) is 10.6 Å². The molecule has 0 radical (unpaired) electrons. The highest BCUT2D eigenvalue weighted by Gasteiger charge is 2.10. The topological polar surface area (TPSA) is 22.1 Å². The van der Waals surface area contributed by atoms with Gasteiger partial charge in [-0.05, 0) is 12.1 Å². The lowest BCUT2D eigenvalue weighted by Crippen LogP contribution is -1.87. The number of thiazole rings is 1. The summed E-state index contributed by atoms with van der Waals surface area (Å²) in [5.74, 6) is 0.556. The minimum Gasteiger partial charge on any atom is -0.497 e. The molecule has 0 bridgehead atoms. The summed E-state index contributed by atoms with van der Waals surface area (Å²) in [6, 6.07) is 4.71. The van der Waals surface area contributed by atoms with Crippen molar-refractivity contribution in [2.45, 2.75) is 5.88 Å². The van der Waals surface area contributed by atoms with E-state index in [2.05, 4.69) is 4.98 Å². The smallest absolute Gasteiger partial charge is 0.137 e. The maximum atomic E-state index is 13.7. The zero-order valence-electron chi connectivity index (χ0n) is 8.54. The first-order chi connectivity index (χ1) is 7.74. The molecule has 0 fully saturated rings. The van der Waals surface area contributed by atoms with E-state index in [1.807, 2.05) is 0 Å². The first-order valence-corrected chi connectivity index (χ1v) is 5.94. The molecule has 0 saturated heterocycles. The zero-order valence-corrected chi connectivity index (χ0v) is 10.1. The first kappa shape index (κ1) is 11.4. The average Bonchev–Trinajstić information content (AvgIpc) is 2.77. The molecule has 0 aliphatic rings. The summed E-state index contributed by atoms with van der Waals surface area (Å²) in [5.41, 5.74) is 0.474. The van der Waals surface area contributed by atoms with Crippen molar-refractivity contribution in [1.29, 1.82) is 0 Å². The predicted octanol–water partition coefficient (Wildman–Crippen LogP) is 3.70. The number of hydrogen-bond donors (Lipinski definition) is 0. The molecule has 0 atom stereocenters. The van der Waals surface area contributed by atoms with Gasteiger partial charge in [0.25, 0.3) is 0 Å². The van der Waals surface area contributed by atoms with Crippen LogP contribution in [0.15, 0.2) is 24.4 Å². The summed E-state index contributed by atoms with van der Waals surface area (Å²) in [4.78, 5) is 5.05. The molecule has 0 aliphatic carbocycles. The van der Waals surface area contributed by atoms with Crippen LogP contribution < -0.4 is 4.74 Å². The number of halogens is 2. The third-order valence-electron chi connectivity index (χ3n) is 2.09. The highest BCUT2D eigenvalue weighted by atomic mass is 35.5. The summed E-state index contributed by atoms with van der Waals surface area (Å²) in [6.45, 7) is 0. The lowest BCUT2D eigenvalue weighted by atomic mass is 10.2. The molecule has 2 aromatic rings. The second kappa shape index (κ2) is 4.80. The van der Waals surface area contributed by atoms with Crippen LogP contribution in [0.4, 0.5) is 4.39 Å². The van der Waals surface area contributed by atoms with Crippen LogP contribution in [0.1, 0.15) is 4.88 Å². The van der Waals surface area contributed by atoms with E-state index in [4.69, 9.17) is 16.3 Å². The van der Waals surface area contributed by atoms with Gasteiger partial charge in [-0.1, -0.05) is 0 Å². The van der Waals surface area contributed by atoms with E-state index in [1.165, 1.54) is 24.5 Å². The van der Waals surface area contributed by atoms with Crippen molar-refractivity contribution in [3.05, 3.63) is 35.1 Å². The third-order valence-corrected chi connectivity index (χ3v) is 3.57. The van der Waals surface area contributed by atoms with Crippen molar-refractivity contribution < 1.29 is 9.13 Å². The summed E-state index contributed by atoms with van der Waals surface area (Å²) in [6.07, 6.45) is 1.66. The quantitative estimate of drug-likeness (QED) is 0.783. The van der Waals surface area contributed by atoms with Gasteiger partial charge in [0.2, 0.25) is 0 Å². The molecule has 0 N–H and O–H groups in total. The molecule has 84 valence electrons. The number of rotatable bonds is 3. The second-order valence-electron chi connectivity index (χ2n) is 3.11. The number of alkyl halides is 1. The minimum absolute atomic E-state index is 0.338. The summed E-state index contributed by atoms with van der Waals surface area (Å²) in [7, 11) is 1.50. The number of hydrogen-bond acceptors (Lipinski definition) is 3. The molecular formula is C11H9ClFNOS. The fourth-order valence-electron chi connectivity index (χ4n) is 1.29. The predicted molar refractivity (Wildman–Crippen MR) is 63.6 cm³/mol. The number of methoxy groups -OCH3 is 1. The van der Waals surface area contributed by atoms with Crippen LogP contribution in [-0.2, 0) is 5.88 Å². The molecule has 1 aromatic carbocycles. The largest absolute Gasteiger partial charge is 0.497 e. The molecule has 0 amide bonds. The van der Waals surface area contributed by atoms with Gasteiger partial charge in [-0.15, -0.1) is 22.9 Å². The van der Waals surface area contributed by atoms with Gasteiger partial charge >= 0.3 is 0 Å². The molecule has 0 unspecified atom stereocenters. The Kier molecular flexibility index (Phi) is 3.41. The third kappa shape index (κ3) is 2.18. The van der Waals surface area contributed by atoms with Crippen molar-refractivity contribution in [3.63, 3.8) is 0 Å². The van der Waals surface area contributed by atoms with Gasteiger partial charge < -0.3 is 4.74 Å². The lowest BCUT2D eigenvalue weighted by Gasteiger charge is -2.02. The SMILES string of the molecule is COc1ccc(-c2ncc(CCl)s2)c(F)c1. The maximum Gasteiger partial charge on any atom is 0.137 e. The Morgan fingerprint density at radius 2 is 2.31 bits per heavy atom. The van der Waals surface area contributed by atoms with Crippen LogP contribution >= 0.6 is 22.9 Å². The van der Waals surface area contributed by atoms with E-state index in [-0.39, 0.29) is 5.82 Å². The number of aromatic nitrogens is 1. The Balaban J connectivity index is 2.40. The minimum atomic E-state index is -0.338. The first-order valence-electron chi connectivity index (χ1n) is 4.59. The van der Waals surface area contributed by atoms with E-state index < -0.39 is 0 Å². The number of nitrogens with zero attached hydrogens (tertiary/aromatic N) is 1. The van der Waals surface area contributed by atoms with Crippen molar-refractivity contribution in [3.8, 4) is 16.3 Å². The van der Waals surface area contributed by atoms with Gasteiger partial charge in [-0.25, -0.2) is 9.37 Å². The van der Waals surface area contributed by atoms with Crippen LogP contribution in [0.3, 0.4) is 0 Å². The Morgan fingerprint density at radius 1 is 1.50 bits per heavy atom. The Bertz CT molecular complexity index is 500. The van der Waals surface area contributed by atoms with E-state index in [9.17, 15) is 4.39 Å². The van der Waals surface area contributed by atoms with Gasteiger partial charge in [0.1, 0.15) is 16.6 Å². The van der Waals surface area contributed by atoms with Crippen molar-refractivity contribution in [1.82, 2.24) is 4.98 Å². The highest BCUT2D eigenvalue weighted by Crippen LogP contribution is 2.30. The van der Waals surface area contributed by atoms with Crippen LogP contribution in [-0.4, -0.2) is 12.1 Å². The molecule has 0 spiro atoms. The summed E-state index contributed by atoms with van der Waals surface area (Å²) in [5, 5.41) is 0.635. The normalized spacial score (nSPS) is 10.4. The molecule has 2 nitrogen and oxygen atoms in total. The fraction of sp³-hybridized carbons (Fsp3) is 0.182. The molecule has 1 aromatic heterocycles. The van der Waals surface area contributed by atoms with E-state index in [0.717, 1.165) is 4.88 Å². The van der Waals surface area contributed by atoms with Gasteiger partial charge in [-0.2, -0.15) is 0 Å². The van der Waals surface area contributed by atoms with Gasteiger partial charge in [0, 0.05) is 22.7 Å². The molecule has 1 heterocycles. The molecule has 5 heteroatoms. The Morgan fingerprint density at radius 3 is 2.88 bits per heavy atom. The molecule has 0 aliphatic heterocycles. The summed E-state index contributed by atoms with van der Waals surface area (Å²) >= 11 is 7.06. The van der Waals surface area contributed by atoms with Gasteiger partial charge in [0.15, 0.2) is 0 Å². The fourth-order valence-corrected chi connectivity index (χ4v) is 2.31. The molecule has 0 saturated carbocycles. The van der Waals surface area contributed by atoms with Gasteiger partial charge in [-0.3, -0.25) is 0 Å². The maximum absolute atomic E-state index is 13.7. The zero-order chi connectivity index (χ0) is 11.5. The molecular weight excluding hydrogens is 249 g/mol. The second-order valence-corrected chi connectivity index (χ2v) is 4.49. The summed E-state index contributed by atoms with van der Waals surface area (Å²) < 4.78 is 18.6. The van der Waals surface area contributed by atoms with E-state index in [0.29, 0.717) is 22.2 Å². The highest BCUT2D eigenvalue weighted by molar-refractivity contribution is 7.15. The molecule has 2 rings (SSSR count). The number of ether oxygens (including phenoxy) is 1. The van der Waals surface area contributed by atoms with E-state index in [1.54, 1.807) is 18.3 Å². The Labute approximate surface area is 102 Å². The van der Waals surface area contributed by atoms with Crippen LogP contribution in [0, 0.1) is 5.82 Å². The molecule has 16 heavy (non-hydrogen) atoms.